The van der Waals surface area contributed by atoms with Gasteiger partial charge in [-0.15, -0.1) is 11.8 Å². The van der Waals surface area contributed by atoms with E-state index in [1.165, 1.54) is 11.8 Å². The van der Waals surface area contributed by atoms with Crippen LogP contribution in [0, 0.1) is 0 Å². The first-order valence-electron chi connectivity index (χ1n) is 4.06. The summed E-state index contributed by atoms with van der Waals surface area (Å²) in [6, 6.07) is 0.973. The Kier molecular flexibility index (Phi) is 3.74. The van der Waals surface area contributed by atoms with Gasteiger partial charge in [-0.2, -0.15) is 13.2 Å². The van der Waals surface area contributed by atoms with Gasteiger partial charge in [0.05, 0.1) is 5.03 Å². The third kappa shape index (κ3) is 3.17. The van der Waals surface area contributed by atoms with E-state index in [1.54, 1.807) is 0 Å². The van der Waals surface area contributed by atoms with Gasteiger partial charge < -0.3 is 0 Å². The number of hydrogen-bond donors (Lipinski definition) is 0. The van der Waals surface area contributed by atoms with Crippen LogP contribution in [0.3, 0.4) is 0 Å². The highest BCUT2D eigenvalue weighted by Gasteiger charge is 2.32. The molecule has 1 heterocycles. The van der Waals surface area contributed by atoms with Crippen molar-refractivity contribution in [2.45, 2.75) is 24.5 Å². The fourth-order valence-electron chi connectivity index (χ4n) is 0.780. The van der Waals surface area contributed by atoms with Crippen molar-refractivity contribution in [3.8, 4) is 0 Å². The van der Waals surface area contributed by atoms with Crippen molar-refractivity contribution in [3.63, 3.8) is 0 Å². The molecule has 0 radical (unpaired) electrons. The van der Waals surface area contributed by atoms with Crippen LogP contribution >= 0.6 is 11.8 Å². The van der Waals surface area contributed by atoms with E-state index >= 15 is 0 Å². The maximum atomic E-state index is 12.2. The molecule has 78 valence electrons. The van der Waals surface area contributed by atoms with E-state index in [1.807, 2.05) is 6.92 Å². The largest absolute Gasteiger partial charge is 0.433 e. The van der Waals surface area contributed by atoms with E-state index < -0.39 is 11.9 Å². The van der Waals surface area contributed by atoms with Gasteiger partial charge >= 0.3 is 6.18 Å². The smallest absolute Gasteiger partial charge is 0.232 e. The zero-order valence-corrected chi connectivity index (χ0v) is 8.32. The minimum Gasteiger partial charge on any atom is -0.232 e. The molecule has 0 unspecified atom stereocenters. The van der Waals surface area contributed by atoms with Crippen LogP contribution in [0.25, 0.3) is 0 Å². The Balaban J connectivity index is 2.79. The predicted octanol–water partition coefficient (Wildman–Crippen LogP) is 3.00. The Morgan fingerprint density at radius 3 is 2.64 bits per heavy atom. The van der Waals surface area contributed by atoms with Crippen molar-refractivity contribution >= 4 is 11.8 Å². The van der Waals surface area contributed by atoms with Crippen molar-refractivity contribution in [1.29, 1.82) is 0 Å². The summed E-state index contributed by atoms with van der Waals surface area (Å²) < 4.78 is 36.6. The summed E-state index contributed by atoms with van der Waals surface area (Å²) in [7, 11) is 0. The lowest BCUT2D eigenvalue weighted by atomic mass is 10.4. The minimum absolute atomic E-state index is 0.370. The molecule has 0 saturated carbocycles. The number of aromatic nitrogens is 2. The van der Waals surface area contributed by atoms with Crippen LogP contribution < -0.4 is 0 Å². The summed E-state index contributed by atoms with van der Waals surface area (Å²) in [6.45, 7) is 1.96. The first kappa shape index (κ1) is 11.3. The average molecular weight is 222 g/mol. The highest BCUT2D eigenvalue weighted by atomic mass is 32.2. The zero-order chi connectivity index (χ0) is 10.6. The molecule has 0 N–H and O–H groups in total. The van der Waals surface area contributed by atoms with Crippen molar-refractivity contribution < 1.29 is 13.2 Å². The van der Waals surface area contributed by atoms with E-state index in [-0.39, 0.29) is 0 Å². The van der Waals surface area contributed by atoms with Crippen LogP contribution in [0.4, 0.5) is 13.2 Å². The first-order chi connectivity index (χ1) is 6.54. The molecule has 0 aliphatic carbocycles. The Hall–Kier alpha value is -0.780. The second-order valence-electron chi connectivity index (χ2n) is 2.59. The molecule has 0 atom stereocenters. The van der Waals surface area contributed by atoms with Gasteiger partial charge in [0, 0.05) is 6.07 Å². The molecule has 0 aromatic carbocycles. The molecule has 2 nitrogen and oxygen atoms in total. The Morgan fingerprint density at radius 1 is 1.36 bits per heavy atom. The SMILES string of the molecule is CCCSc1cc(C(F)(F)F)ncn1. The van der Waals surface area contributed by atoms with Crippen LogP contribution in [0.15, 0.2) is 17.4 Å². The molecule has 1 aromatic rings. The van der Waals surface area contributed by atoms with E-state index in [4.69, 9.17) is 0 Å². The third-order valence-electron chi connectivity index (χ3n) is 1.39. The summed E-state index contributed by atoms with van der Waals surface area (Å²) in [5, 5.41) is 0.370. The highest BCUT2D eigenvalue weighted by Crippen LogP contribution is 2.29. The van der Waals surface area contributed by atoms with Crippen molar-refractivity contribution in [3.05, 3.63) is 18.1 Å². The quantitative estimate of drug-likeness (QED) is 0.580. The topological polar surface area (TPSA) is 25.8 Å². The van der Waals surface area contributed by atoms with E-state index in [0.717, 1.165) is 24.6 Å². The van der Waals surface area contributed by atoms with E-state index in [9.17, 15) is 13.2 Å². The fraction of sp³-hybridized carbons (Fsp3) is 0.500. The fourth-order valence-corrected chi connectivity index (χ4v) is 1.51. The van der Waals surface area contributed by atoms with E-state index in [2.05, 4.69) is 9.97 Å². The standard InChI is InChI=1S/C8H9F3N2S/c1-2-3-14-7-4-6(8(9,10)11)12-5-13-7/h4-5H,2-3H2,1H3. The molecule has 1 aromatic heterocycles. The molecule has 0 bridgehead atoms. The number of halogens is 3. The summed E-state index contributed by atoms with van der Waals surface area (Å²) in [5.74, 6) is 0.758. The van der Waals surface area contributed by atoms with Gasteiger partial charge in [0.15, 0.2) is 0 Å². The molecule has 0 spiro atoms. The predicted molar refractivity (Wildman–Crippen MR) is 48.0 cm³/mol. The van der Waals surface area contributed by atoms with Gasteiger partial charge in [-0.3, -0.25) is 0 Å². The van der Waals surface area contributed by atoms with Gasteiger partial charge in [0.2, 0.25) is 0 Å². The summed E-state index contributed by atoms with van der Waals surface area (Å²) in [4.78, 5) is 6.91. The maximum Gasteiger partial charge on any atom is 0.433 e. The van der Waals surface area contributed by atoms with Gasteiger partial charge in [-0.1, -0.05) is 6.92 Å². The molecule has 0 saturated heterocycles. The van der Waals surface area contributed by atoms with Crippen LogP contribution in [0.2, 0.25) is 0 Å². The molecule has 0 aliphatic rings. The zero-order valence-electron chi connectivity index (χ0n) is 7.51. The lowest BCUT2D eigenvalue weighted by Gasteiger charge is -2.05. The number of alkyl halides is 3. The number of rotatable bonds is 3. The van der Waals surface area contributed by atoms with Crippen LogP contribution in [-0.4, -0.2) is 15.7 Å². The number of hydrogen-bond acceptors (Lipinski definition) is 3. The lowest BCUT2D eigenvalue weighted by molar-refractivity contribution is -0.141. The molecule has 1 rings (SSSR count). The Bertz CT molecular complexity index is 301. The average Bonchev–Trinajstić information content (AvgIpc) is 2.14. The Morgan fingerprint density at radius 2 is 2.07 bits per heavy atom. The maximum absolute atomic E-state index is 12.2. The van der Waals surface area contributed by atoms with Gasteiger partial charge in [0.25, 0.3) is 0 Å². The molecule has 14 heavy (non-hydrogen) atoms. The summed E-state index contributed by atoms with van der Waals surface area (Å²) >= 11 is 1.30. The Labute approximate surface area is 84.0 Å². The third-order valence-corrected chi connectivity index (χ3v) is 2.52. The van der Waals surface area contributed by atoms with Crippen LogP contribution in [-0.2, 0) is 6.18 Å². The second kappa shape index (κ2) is 4.63. The van der Waals surface area contributed by atoms with Gasteiger partial charge in [-0.25, -0.2) is 9.97 Å². The van der Waals surface area contributed by atoms with Crippen LogP contribution in [0.5, 0.6) is 0 Å². The van der Waals surface area contributed by atoms with Gasteiger partial charge in [-0.05, 0) is 12.2 Å². The van der Waals surface area contributed by atoms with Crippen molar-refractivity contribution in [2.75, 3.05) is 5.75 Å². The molecular formula is C8H9F3N2S. The highest BCUT2D eigenvalue weighted by molar-refractivity contribution is 7.99. The summed E-state index contributed by atoms with van der Waals surface area (Å²) in [6.07, 6.45) is -2.54. The monoisotopic (exact) mass is 222 g/mol. The second-order valence-corrected chi connectivity index (χ2v) is 3.70. The summed E-state index contributed by atoms with van der Waals surface area (Å²) in [5.41, 5.74) is -0.883. The molecule has 0 fully saturated rings. The first-order valence-corrected chi connectivity index (χ1v) is 5.04. The molecular weight excluding hydrogens is 213 g/mol. The van der Waals surface area contributed by atoms with E-state index in [0.29, 0.717) is 5.03 Å². The van der Waals surface area contributed by atoms with Gasteiger partial charge in [0.1, 0.15) is 12.0 Å². The molecule has 0 aliphatic heterocycles. The molecule has 6 heteroatoms. The van der Waals surface area contributed by atoms with Crippen molar-refractivity contribution in [2.24, 2.45) is 0 Å². The number of nitrogens with zero attached hydrogens (tertiary/aromatic N) is 2. The lowest BCUT2D eigenvalue weighted by Crippen LogP contribution is -2.08. The molecule has 0 amide bonds. The number of thioether (sulfide) groups is 1. The van der Waals surface area contributed by atoms with Crippen LogP contribution in [0.1, 0.15) is 19.0 Å². The normalized spacial score (nSPS) is 11.7. The minimum atomic E-state index is -4.38. The van der Waals surface area contributed by atoms with Crippen molar-refractivity contribution in [1.82, 2.24) is 9.97 Å².